The SMILES string of the molecule is Cc1nc2c([nH]c(=O)n2[C@H]2C[C@@H](O)[C@@H](OCP(=O)([O-])OP(=O)([O-])OP(=O)([O-])O)O2)c(=O)[nH]1.O=c1nc2c(cn1[C@H]1C[C@@H](O)[C@@H](OCP(=O)([O-])OP(=O)([O-])OP(=O)([O-])O)O1)CCON2. The number of anilines is 1. The number of imidazole rings is 1. The van der Waals surface area contributed by atoms with Gasteiger partial charge in [0, 0.05) is 31.0 Å². The molecule has 0 aromatic carbocycles. The van der Waals surface area contributed by atoms with Gasteiger partial charge < -0.3 is 82.4 Å². The van der Waals surface area contributed by atoms with Gasteiger partial charge in [0.25, 0.3) is 36.9 Å². The number of fused-ring (bicyclic) bond motifs is 2. The van der Waals surface area contributed by atoms with Gasteiger partial charge in [-0.05, 0) is 6.92 Å². The van der Waals surface area contributed by atoms with Gasteiger partial charge >= 0.3 is 11.4 Å². The Morgan fingerprint density at radius 1 is 0.778 bits per heavy atom. The number of rotatable bonds is 16. The van der Waals surface area contributed by atoms with E-state index in [1.54, 1.807) is 0 Å². The van der Waals surface area contributed by atoms with E-state index in [9.17, 15) is 81.3 Å². The molecule has 63 heavy (non-hydrogen) atoms. The number of aromatic amines is 2. The van der Waals surface area contributed by atoms with Crippen molar-refractivity contribution in [2.75, 3.05) is 24.8 Å². The highest BCUT2D eigenvalue weighted by atomic mass is 31.3. The molecule has 7 N–H and O–H groups in total. The molecule has 356 valence electrons. The standard InChI is InChI=1S/C11H17N4O14P3.C11H18N3O14P3/c1-4-12-8-7(9(17)13-4)14-11(18)15(8)6-2-5(16)10(27-6)26-3-30(19,20)28-32(24,25)29-31(21,22)23;15-7-3-8(14-4-6-1-2-25-13-9(6)12-11(14)16)26-10(7)24-5-29(17,18)27-31(22,23)28-30(19,20)21/h5-6,10,16H,2-3H2,1H3,(H,14,18)(H,19,20)(H,24,25)(H,12,13,17)(H2,21,22,23);4,7-8,10,15H,1-3,5H2,(H,17,18)(H,22,23)(H,12,13,16)(H2,19,20,21)/p-6/t5-,6-,10+;7-,8-,10+/m11/s1. The van der Waals surface area contributed by atoms with E-state index in [1.165, 1.54) is 13.1 Å². The van der Waals surface area contributed by atoms with Crippen LogP contribution in [0.25, 0.3) is 11.2 Å². The lowest BCUT2D eigenvalue weighted by molar-refractivity contribution is -0.249. The highest BCUT2D eigenvalue weighted by Crippen LogP contribution is 2.62. The summed E-state index contributed by atoms with van der Waals surface area (Å²) in [5.74, 6) is 0.388. The number of nitrogens with zero attached hydrogens (tertiary/aromatic N) is 4. The Hall–Kier alpha value is -2.55. The van der Waals surface area contributed by atoms with Crippen LogP contribution in [0.4, 0.5) is 5.82 Å². The van der Waals surface area contributed by atoms with Crippen LogP contribution in [0.5, 0.6) is 0 Å². The molecule has 6 heterocycles. The van der Waals surface area contributed by atoms with Crippen LogP contribution in [-0.4, -0.2) is 93.2 Å². The number of H-pyrrole nitrogens is 2. The normalized spacial score (nSPS) is 28.2. The summed E-state index contributed by atoms with van der Waals surface area (Å²) >= 11 is 0. The summed E-state index contributed by atoms with van der Waals surface area (Å²) in [6.07, 6.45) is -10.3. The van der Waals surface area contributed by atoms with Crippen molar-refractivity contribution >= 4 is 63.5 Å². The van der Waals surface area contributed by atoms with Crippen molar-refractivity contribution in [2.24, 2.45) is 0 Å². The fraction of sp³-hybridized carbons (Fsp3) is 0.591. The molecule has 3 aromatic rings. The fourth-order valence-electron chi connectivity index (χ4n) is 5.50. The van der Waals surface area contributed by atoms with E-state index in [2.05, 4.69) is 42.7 Å². The molecule has 3 aromatic heterocycles. The quantitative estimate of drug-likeness (QED) is 0.0657. The summed E-state index contributed by atoms with van der Waals surface area (Å²) in [6.45, 7) is 1.77. The topological polar surface area (TPSA) is 535 Å². The fourth-order valence-corrected chi connectivity index (χ4v) is 11.8. The number of hydrogen-bond donors (Lipinski definition) is 7. The largest absolute Gasteiger partial charge is 0.777 e. The summed E-state index contributed by atoms with van der Waals surface area (Å²) in [6, 6.07) is 0. The number of ether oxygens (including phenoxy) is 4. The van der Waals surface area contributed by atoms with Crippen molar-refractivity contribution in [3.63, 3.8) is 0 Å². The van der Waals surface area contributed by atoms with E-state index in [0.717, 1.165) is 9.13 Å². The van der Waals surface area contributed by atoms with Gasteiger partial charge in [-0.15, -0.1) is 0 Å². The number of aliphatic hydroxyl groups is 2. The van der Waals surface area contributed by atoms with Crippen LogP contribution in [0.3, 0.4) is 0 Å². The summed E-state index contributed by atoms with van der Waals surface area (Å²) in [7, 11) is -34.7. The molecule has 3 aliphatic rings. The monoisotopic (exact) mass is 1020 g/mol. The zero-order chi connectivity index (χ0) is 47.1. The summed E-state index contributed by atoms with van der Waals surface area (Å²) < 4.78 is 102. The first-order valence-electron chi connectivity index (χ1n) is 16.6. The van der Waals surface area contributed by atoms with Crippen LogP contribution < -0.4 is 51.8 Å². The van der Waals surface area contributed by atoms with Crippen LogP contribution in [0.1, 0.15) is 36.7 Å². The van der Waals surface area contributed by atoms with Gasteiger partial charge in [0.2, 0.25) is 0 Å². The Balaban J connectivity index is 0.000000238. The second-order valence-electron chi connectivity index (χ2n) is 12.7. The minimum Gasteiger partial charge on any atom is -0.777 e. The van der Waals surface area contributed by atoms with Crippen molar-refractivity contribution in [2.45, 2.75) is 63.4 Å². The van der Waals surface area contributed by atoms with E-state index in [1.807, 2.05) is 0 Å². The zero-order valence-corrected chi connectivity index (χ0v) is 36.2. The first kappa shape index (κ1) is 51.4. The molecule has 12 atom stereocenters. The molecule has 6 unspecified atom stereocenters. The maximum absolute atomic E-state index is 12.2. The van der Waals surface area contributed by atoms with Gasteiger partial charge in [0.05, 0.1) is 6.61 Å². The molecule has 41 heteroatoms. The highest BCUT2D eigenvalue weighted by molar-refractivity contribution is 7.67. The molecule has 0 spiro atoms. The molecule has 3 aliphatic heterocycles. The van der Waals surface area contributed by atoms with Crippen molar-refractivity contribution in [1.29, 1.82) is 0 Å². The number of aryl methyl sites for hydroxylation is 1. The number of aromatic nitrogens is 6. The summed E-state index contributed by atoms with van der Waals surface area (Å²) in [5.41, 5.74) is 0.586. The maximum atomic E-state index is 12.2. The number of phosphoric acid groups is 4. The first-order chi connectivity index (χ1) is 28.8. The molecule has 0 saturated carbocycles. The lowest BCUT2D eigenvalue weighted by Crippen LogP contribution is -2.31. The third-order valence-electron chi connectivity index (χ3n) is 7.71. The minimum atomic E-state index is -6.03. The van der Waals surface area contributed by atoms with Gasteiger partial charge in [0.1, 0.15) is 43.2 Å². The average molecular weight is 1030 g/mol. The predicted octanol–water partition coefficient (Wildman–Crippen LogP) is -5.94. The third kappa shape index (κ3) is 14.5. The second-order valence-corrected chi connectivity index (χ2v) is 21.9. The molecule has 0 bridgehead atoms. The Bertz CT molecular complexity index is 2660. The number of hydrogen-bond acceptors (Lipinski definition) is 29. The highest BCUT2D eigenvalue weighted by Gasteiger charge is 2.40. The average Bonchev–Trinajstić information content (AvgIpc) is 3.76. The van der Waals surface area contributed by atoms with Crippen LogP contribution >= 0.6 is 46.5 Å². The minimum absolute atomic E-state index is 0.109. The molecular formula is C22H29N7O28P6-6. The Morgan fingerprint density at radius 3 is 1.81 bits per heavy atom. The van der Waals surface area contributed by atoms with Crippen molar-refractivity contribution in [3.8, 4) is 0 Å². The first-order valence-corrected chi connectivity index (χ1v) is 25.9. The van der Waals surface area contributed by atoms with Gasteiger partial charge in [-0.25, -0.2) is 33.2 Å². The lowest BCUT2D eigenvalue weighted by atomic mass is 10.2. The van der Waals surface area contributed by atoms with E-state index in [0.29, 0.717) is 18.6 Å². The van der Waals surface area contributed by atoms with E-state index >= 15 is 0 Å². The van der Waals surface area contributed by atoms with E-state index in [-0.39, 0.29) is 35.6 Å². The molecule has 6 rings (SSSR count). The van der Waals surface area contributed by atoms with Crippen molar-refractivity contribution in [1.82, 2.24) is 29.1 Å². The second kappa shape index (κ2) is 19.4. The Labute approximate surface area is 347 Å². The molecule has 35 nitrogen and oxygen atoms in total. The number of aliphatic hydroxyl groups excluding tert-OH is 2. The van der Waals surface area contributed by atoms with Gasteiger partial charge in [-0.2, -0.15) is 4.98 Å². The molecule has 0 radical (unpaired) electrons. The molecule has 2 fully saturated rings. The van der Waals surface area contributed by atoms with E-state index in [4.69, 9.17) is 33.6 Å². The van der Waals surface area contributed by atoms with Gasteiger partial charge in [0.15, 0.2) is 44.8 Å². The Morgan fingerprint density at radius 2 is 1.29 bits per heavy atom. The molecular weight excluding hydrogens is 996 g/mol. The number of nitrogens with one attached hydrogen (secondary N) is 3. The smallest absolute Gasteiger partial charge is 0.351 e. The maximum Gasteiger partial charge on any atom is 0.351 e. The zero-order valence-electron chi connectivity index (χ0n) is 30.8. The van der Waals surface area contributed by atoms with Gasteiger partial charge in [-0.1, -0.05) is 0 Å². The van der Waals surface area contributed by atoms with Crippen molar-refractivity contribution in [3.05, 3.63) is 48.9 Å². The Kier molecular flexibility index (Phi) is 15.8. The van der Waals surface area contributed by atoms with Gasteiger partial charge in [-0.3, -0.25) is 46.1 Å². The predicted molar refractivity (Wildman–Crippen MR) is 183 cm³/mol. The van der Waals surface area contributed by atoms with Crippen molar-refractivity contribution < 1.29 is 118 Å². The third-order valence-corrected chi connectivity index (χ3v) is 15.5. The van der Waals surface area contributed by atoms with Crippen LogP contribution in [0, 0.1) is 6.92 Å². The lowest BCUT2D eigenvalue weighted by Gasteiger charge is -2.33. The van der Waals surface area contributed by atoms with Crippen LogP contribution in [-0.2, 0) is 74.8 Å². The van der Waals surface area contributed by atoms with Crippen LogP contribution in [0.15, 0.2) is 20.6 Å². The molecule has 2 saturated heterocycles. The molecule has 0 aliphatic carbocycles. The summed E-state index contributed by atoms with van der Waals surface area (Å²) in [5, 5.41) is 20.1. The van der Waals surface area contributed by atoms with Crippen LogP contribution in [0.2, 0.25) is 0 Å². The molecule has 0 amide bonds. The van der Waals surface area contributed by atoms with E-state index < -0.39 is 113 Å². The summed E-state index contributed by atoms with van der Waals surface area (Å²) in [4.78, 5) is 137.